The van der Waals surface area contributed by atoms with Crippen LogP contribution in [-0.2, 0) is 6.42 Å². The molecule has 0 atom stereocenters. The van der Waals surface area contributed by atoms with Crippen LogP contribution in [0.3, 0.4) is 0 Å². The Morgan fingerprint density at radius 3 is 2.62 bits per heavy atom. The summed E-state index contributed by atoms with van der Waals surface area (Å²) in [4.78, 5) is 4.71. The molecule has 5 rings (SSSR count). The van der Waals surface area contributed by atoms with Gasteiger partial charge in [-0.05, 0) is 52.6 Å². The van der Waals surface area contributed by atoms with Crippen LogP contribution in [0, 0.1) is 6.92 Å². The van der Waals surface area contributed by atoms with Crippen LogP contribution < -0.4 is 4.74 Å². The van der Waals surface area contributed by atoms with E-state index in [1.54, 1.807) is 0 Å². The first-order valence-corrected chi connectivity index (χ1v) is 8.35. The normalized spacial score (nSPS) is 13.2. The molecule has 0 aliphatic carbocycles. The minimum absolute atomic E-state index is 0.749. The van der Waals surface area contributed by atoms with Crippen LogP contribution in [0.15, 0.2) is 60.8 Å². The Labute approximate surface area is 140 Å². The Morgan fingerprint density at radius 1 is 0.875 bits per heavy atom. The van der Waals surface area contributed by atoms with E-state index in [4.69, 9.17) is 9.72 Å². The average molecular weight is 311 g/mol. The van der Waals surface area contributed by atoms with Crippen LogP contribution >= 0.6 is 0 Å². The number of benzene rings is 3. The third-order valence-corrected chi connectivity index (χ3v) is 5.00. The molecule has 1 aliphatic heterocycles. The van der Waals surface area contributed by atoms with Crippen molar-refractivity contribution in [2.45, 2.75) is 13.3 Å². The minimum Gasteiger partial charge on any atom is -0.493 e. The van der Waals surface area contributed by atoms with E-state index >= 15 is 0 Å². The maximum atomic E-state index is 5.85. The molecule has 4 aromatic rings. The number of rotatable bonds is 1. The Kier molecular flexibility index (Phi) is 2.86. The predicted octanol–water partition coefficient (Wildman–Crippen LogP) is 5.30. The van der Waals surface area contributed by atoms with Gasteiger partial charge in [0.25, 0.3) is 0 Å². The summed E-state index contributed by atoms with van der Waals surface area (Å²) in [5.41, 5.74) is 6.09. The summed E-state index contributed by atoms with van der Waals surface area (Å²) in [6.07, 6.45) is 2.87. The molecule has 24 heavy (non-hydrogen) atoms. The first kappa shape index (κ1) is 13.6. The molecule has 1 aliphatic rings. The molecule has 2 heterocycles. The van der Waals surface area contributed by atoms with Gasteiger partial charge in [0.05, 0.1) is 12.1 Å². The summed E-state index contributed by atoms with van der Waals surface area (Å²) in [6, 6.07) is 19.4. The van der Waals surface area contributed by atoms with Crippen molar-refractivity contribution in [1.29, 1.82) is 0 Å². The van der Waals surface area contributed by atoms with Crippen LogP contribution in [0.2, 0.25) is 0 Å². The zero-order valence-corrected chi connectivity index (χ0v) is 13.5. The van der Waals surface area contributed by atoms with E-state index in [0.29, 0.717) is 0 Å². The van der Waals surface area contributed by atoms with Crippen LogP contribution in [0.1, 0.15) is 11.1 Å². The third kappa shape index (κ3) is 1.86. The van der Waals surface area contributed by atoms with Gasteiger partial charge in [-0.1, -0.05) is 36.4 Å². The smallest absolute Gasteiger partial charge is 0.129 e. The molecule has 0 bridgehead atoms. The molecule has 0 amide bonds. The van der Waals surface area contributed by atoms with Gasteiger partial charge >= 0.3 is 0 Å². The monoisotopic (exact) mass is 311 g/mol. The summed E-state index contributed by atoms with van der Waals surface area (Å²) >= 11 is 0. The van der Waals surface area contributed by atoms with Crippen molar-refractivity contribution in [2.75, 3.05) is 6.61 Å². The molecule has 0 N–H and O–H groups in total. The van der Waals surface area contributed by atoms with E-state index in [1.807, 2.05) is 6.20 Å². The topological polar surface area (TPSA) is 22.1 Å². The zero-order chi connectivity index (χ0) is 16.1. The molecule has 0 spiro atoms. The summed E-state index contributed by atoms with van der Waals surface area (Å²) in [6.45, 7) is 2.91. The minimum atomic E-state index is 0.749. The van der Waals surface area contributed by atoms with Crippen molar-refractivity contribution in [2.24, 2.45) is 0 Å². The first-order valence-electron chi connectivity index (χ1n) is 8.35. The number of fused-ring (bicyclic) bond motifs is 1. The fraction of sp³-hybridized carbons (Fsp3) is 0.136. The molecule has 0 saturated heterocycles. The van der Waals surface area contributed by atoms with Crippen LogP contribution in [0.4, 0.5) is 0 Å². The number of pyridine rings is 1. The maximum Gasteiger partial charge on any atom is 0.129 e. The van der Waals surface area contributed by atoms with Gasteiger partial charge in [-0.25, -0.2) is 0 Å². The zero-order valence-electron chi connectivity index (χ0n) is 13.5. The Bertz CT molecular complexity index is 1090. The molecule has 0 radical (unpaired) electrons. The second-order valence-electron chi connectivity index (χ2n) is 6.38. The van der Waals surface area contributed by atoms with Crippen LogP contribution in [0.25, 0.3) is 32.8 Å². The second-order valence-corrected chi connectivity index (χ2v) is 6.38. The van der Waals surface area contributed by atoms with E-state index in [1.165, 1.54) is 38.4 Å². The fourth-order valence-corrected chi connectivity index (χ4v) is 3.80. The lowest BCUT2D eigenvalue weighted by Crippen LogP contribution is -2.09. The van der Waals surface area contributed by atoms with Crippen molar-refractivity contribution in [3.8, 4) is 16.9 Å². The Morgan fingerprint density at radius 2 is 1.71 bits per heavy atom. The number of aromatic nitrogens is 1. The Hall–Kier alpha value is -2.87. The lowest BCUT2D eigenvalue weighted by molar-refractivity contribution is 0.318. The van der Waals surface area contributed by atoms with Crippen molar-refractivity contribution < 1.29 is 4.74 Å². The van der Waals surface area contributed by atoms with Crippen molar-refractivity contribution in [3.63, 3.8) is 0 Å². The summed E-state index contributed by atoms with van der Waals surface area (Å²) < 4.78 is 5.85. The van der Waals surface area contributed by atoms with Gasteiger partial charge in [-0.2, -0.15) is 0 Å². The highest BCUT2D eigenvalue weighted by Gasteiger charge is 2.18. The van der Waals surface area contributed by atoms with Gasteiger partial charge in [0.1, 0.15) is 5.75 Å². The molecule has 116 valence electrons. The molecule has 0 unspecified atom stereocenters. The second kappa shape index (κ2) is 5.07. The van der Waals surface area contributed by atoms with Crippen LogP contribution in [0.5, 0.6) is 5.75 Å². The number of aryl methyl sites for hydroxylation is 1. The molecule has 2 nitrogen and oxygen atoms in total. The number of nitrogens with zero attached hydrogens (tertiary/aromatic N) is 1. The van der Waals surface area contributed by atoms with Gasteiger partial charge in [-0.15, -0.1) is 0 Å². The fourth-order valence-electron chi connectivity index (χ4n) is 3.80. The van der Waals surface area contributed by atoms with E-state index in [9.17, 15) is 0 Å². The largest absolute Gasteiger partial charge is 0.493 e. The lowest BCUT2D eigenvalue weighted by Gasteiger charge is -2.20. The maximum absolute atomic E-state index is 5.85. The molecule has 1 aromatic heterocycles. The van der Waals surface area contributed by atoms with Crippen molar-refractivity contribution in [1.82, 2.24) is 4.98 Å². The lowest BCUT2D eigenvalue weighted by atomic mass is 9.92. The molecular weight excluding hydrogens is 294 g/mol. The van der Waals surface area contributed by atoms with E-state index in [2.05, 4.69) is 61.5 Å². The molecule has 0 saturated carbocycles. The SMILES string of the molecule is Cc1ccc(-c2ccc3c4c(ccnc24)CCO3)c2ccccc12. The summed E-state index contributed by atoms with van der Waals surface area (Å²) in [7, 11) is 0. The number of hydrogen-bond acceptors (Lipinski definition) is 2. The average Bonchev–Trinajstić information content (AvgIpc) is 2.64. The quantitative estimate of drug-likeness (QED) is 0.476. The molecular formula is C22H17NO. The highest BCUT2D eigenvalue weighted by molar-refractivity contribution is 6.07. The predicted molar refractivity (Wildman–Crippen MR) is 98.6 cm³/mol. The number of ether oxygens (including phenoxy) is 1. The van der Waals surface area contributed by atoms with Crippen molar-refractivity contribution in [3.05, 3.63) is 71.9 Å². The van der Waals surface area contributed by atoms with Gasteiger partial charge < -0.3 is 4.74 Å². The van der Waals surface area contributed by atoms with Crippen LogP contribution in [-0.4, -0.2) is 11.6 Å². The number of hydrogen-bond donors (Lipinski definition) is 0. The third-order valence-electron chi connectivity index (χ3n) is 5.00. The molecule has 2 heteroatoms. The van der Waals surface area contributed by atoms with Gasteiger partial charge in [0.15, 0.2) is 0 Å². The van der Waals surface area contributed by atoms with E-state index < -0.39 is 0 Å². The standard InChI is InChI=1S/C22H17NO/c1-14-6-7-18(17-5-3-2-4-16(14)17)19-8-9-20-21-15(11-13-24-20)10-12-23-22(19)21/h2-10,12H,11,13H2,1H3. The molecule has 0 fully saturated rings. The van der Waals surface area contributed by atoms with Crippen molar-refractivity contribution >= 4 is 21.7 Å². The van der Waals surface area contributed by atoms with E-state index in [0.717, 1.165) is 24.3 Å². The highest BCUT2D eigenvalue weighted by Crippen LogP contribution is 2.40. The van der Waals surface area contributed by atoms with E-state index in [-0.39, 0.29) is 0 Å². The molecule has 3 aromatic carbocycles. The van der Waals surface area contributed by atoms with Gasteiger partial charge in [0.2, 0.25) is 0 Å². The summed E-state index contributed by atoms with van der Waals surface area (Å²) in [5, 5.41) is 3.74. The summed E-state index contributed by atoms with van der Waals surface area (Å²) in [5.74, 6) is 0.958. The van der Waals surface area contributed by atoms with Gasteiger partial charge in [-0.3, -0.25) is 4.98 Å². The first-order chi connectivity index (χ1) is 11.8. The Balaban J connectivity index is 1.89. The highest BCUT2D eigenvalue weighted by atomic mass is 16.5. The van der Waals surface area contributed by atoms with Gasteiger partial charge in [0, 0.05) is 23.6 Å².